The summed E-state index contributed by atoms with van der Waals surface area (Å²) in [6, 6.07) is 4.99. The quantitative estimate of drug-likeness (QED) is 0.831. The predicted molar refractivity (Wildman–Crippen MR) is 71.9 cm³/mol. The number of esters is 1. The van der Waals surface area contributed by atoms with Crippen LogP contribution in [0.15, 0.2) is 18.2 Å². The summed E-state index contributed by atoms with van der Waals surface area (Å²) in [6.07, 6.45) is 0.0561. The zero-order chi connectivity index (χ0) is 14.5. The molecule has 20 heavy (non-hydrogen) atoms. The molecular weight excluding hydrogens is 262 g/mol. The van der Waals surface area contributed by atoms with Crippen LogP contribution in [0.2, 0.25) is 0 Å². The van der Waals surface area contributed by atoms with Gasteiger partial charge in [0.1, 0.15) is 11.5 Å². The molecule has 0 radical (unpaired) electrons. The number of anilines is 1. The number of hydrogen-bond acceptors (Lipinski definition) is 5. The van der Waals surface area contributed by atoms with E-state index in [4.69, 9.17) is 14.2 Å². The Hall–Kier alpha value is -2.24. The van der Waals surface area contributed by atoms with E-state index in [2.05, 4.69) is 5.32 Å². The molecule has 1 aromatic rings. The maximum Gasteiger partial charge on any atom is 0.347 e. The number of carbonyl (C=O) groups is 2. The molecule has 0 aromatic heterocycles. The van der Waals surface area contributed by atoms with Gasteiger partial charge in [-0.25, -0.2) is 4.79 Å². The highest BCUT2D eigenvalue weighted by molar-refractivity contribution is 5.95. The lowest BCUT2D eigenvalue weighted by molar-refractivity contribution is -0.151. The molecule has 1 N–H and O–H groups in total. The van der Waals surface area contributed by atoms with Gasteiger partial charge in [-0.05, 0) is 25.5 Å². The van der Waals surface area contributed by atoms with Gasteiger partial charge >= 0.3 is 5.97 Å². The van der Waals surface area contributed by atoms with E-state index in [9.17, 15) is 9.59 Å². The van der Waals surface area contributed by atoms with E-state index in [0.717, 1.165) is 6.42 Å². The van der Waals surface area contributed by atoms with Crippen molar-refractivity contribution in [2.24, 2.45) is 0 Å². The Morgan fingerprint density at radius 3 is 3.05 bits per heavy atom. The minimum atomic E-state index is -0.709. The molecule has 1 unspecified atom stereocenters. The van der Waals surface area contributed by atoms with Crippen molar-refractivity contribution in [3.8, 4) is 11.5 Å². The first-order chi connectivity index (χ1) is 9.60. The number of amides is 1. The fraction of sp³-hybridized carbons (Fsp3) is 0.429. The second kappa shape index (κ2) is 6.27. The van der Waals surface area contributed by atoms with Crippen LogP contribution in [0.25, 0.3) is 0 Å². The van der Waals surface area contributed by atoms with Gasteiger partial charge in [-0.3, -0.25) is 4.79 Å². The first kappa shape index (κ1) is 14.2. The van der Waals surface area contributed by atoms with Crippen molar-refractivity contribution in [2.75, 3.05) is 18.5 Å². The third-order valence-electron chi connectivity index (χ3n) is 2.68. The maximum absolute atomic E-state index is 11.6. The van der Waals surface area contributed by atoms with E-state index >= 15 is 0 Å². The van der Waals surface area contributed by atoms with Crippen LogP contribution >= 0.6 is 0 Å². The summed E-state index contributed by atoms with van der Waals surface area (Å²) in [7, 11) is 0. The van der Waals surface area contributed by atoms with Crippen molar-refractivity contribution in [1.29, 1.82) is 0 Å². The van der Waals surface area contributed by atoms with Gasteiger partial charge in [-0.1, -0.05) is 6.92 Å². The van der Waals surface area contributed by atoms with Crippen LogP contribution in [0.4, 0.5) is 5.69 Å². The third-order valence-corrected chi connectivity index (χ3v) is 2.68. The Bertz CT molecular complexity index is 514. The highest BCUT2D eigenvalue weighted by atomic mass is 16.6. The number of fused-ring (bicyclic) bond motifs is 1. The second-order valence-electron chi connectivity index (χ2n) is 4.42. The molecule has 1 aromatic carbocycles. The van der Waals surface area contributed by atoms with Crippen LogP contribution in [0, 0.1) is 0 Å². The topological polar surface area (TPSA) is 73.9 Å². The van der Waals surface area contributed by atoms with Gasteiger partial charge < -0.3 is 19.5 Å². The first-order valence-electron chi connectivity index (χ1n) is 6.50. The van der Waals surface area contributed by atoms with E-state index in [1.807, 2.05) is 6.92 Å². The monoisotopic (exact) mass is 279 g/mol. The van der Waals surface area contributed by atoms with E-state index in [1.54, 1.807) is 25.1 Å². The van der Waals surface area contributed by atoms with Crippen LogP contribution in [-0.2, 0) is 14.3 Å². The van der Waals surface area contributed by atoms with Crippen molar-refractivity contribution in [3.05, 3.63) is 18.2 Å². The Morgan fingerprint density at radius 1 is 1.50 bits per heavy atom. The predicted octanol–water partition coefficient (Wildman–Crippen LogP) is 1.74. The van der Waals surface area contributed by atoms with Crippen molar-refractivity contribution >= 4 is 17.6 Å². The standard InChI is InChI=1S/C14H17NO5/c1-3-6-18-14(17)9(2)20-10-4-5-12-11(7-10)15-13(16)8-19-12/h4-5,7,9H,3,6,8H2,1-2H3,(H,15,16). The Morgan fingerprint density at radius 2 is 2.30 bits per heavy atom. The van der Waals surface area contributed by atoms with E-state index in [0.29, 0.717) is 23.8 Å². The smallest absolute Gasteiger partial charge is 0.347 e. The molecule has 1 aliphatic heterocycles. The molecule has 1 heterocycles. The van der Waals surface area contributed by atoms with Crippen LogP contribution in [0.1, 0.15) is 20.3 Å². The van der Waals surface area contributed by atoms with E-state index < -0.39 is 12.1 Å². The van der Waals surface area contributed by atoms with Crippen LogP contribution in [0.3, 0.4) is 0 Å². The summed E-state index contributed by atoms with van der Waals surface area (Å²) in [5, 5.41) is 2.68. The molecule has 0 bridgehead atoms. The molecular formula is C14H17NO5. The molecule has 1 aliphatic rings. The van der Waals surface area contributed by atoms with Gasteiger partial charge in [0.05, 0.1) is 12.3 Å². The highest BCUT2D eigenvalue weighted by Gasteiger charge is 2.19. The van der Waals surface area contributed by atoms with Crippen LogP contribution < -0.4 is 14.8 Å². The number of ether oxygens (including phenoxy) is 3. The van der Waals surface area contributed by atoms with Crippen molar-refractivity contribution in [1.82, 2.24) is 0 Å². The van der Waals surface area contributed by atoms with Crippen molar-refractivity contribution in [3.63, 3.8) is 0 Å². The second-order valence-corrected chi connectivity index (χ2v) is 4.42. The average molecular weight is 279 g/mol. The number of nitrogens with one attached hydrogen (secondary N) is 1. The molecule has 6 nitrogen and oxygen atoms in total. The summed E-state index contributed by atoms with van der Waals surface area (Å²) >= 11 is 0. The number of hydrogen-bond donors (Lipinski definition) is 1. The lowest BCUT2D eigenvalue weighted by Gasteiger charge is -2.19. The molecule has 0 aliphatic carbocycles. The van der Waals surface area contributed by atoms with Gasteiger partial charge in [-0.2, -0.15) is 0 Å². The van der Waals surface area contributed by atoms with Crippen molar-refractivity contribution in [2.45, 2.75) is 26.4 Å². The summed E-state index contributed by atoms with van der Waals surface area (Å²) in [4.78, 5) is 22.8. The molecule has 108 valence electrons. The minimum Gasteiger partial charge on any atom is -0.482 e. The lowest BCUT2D eigenvalue weighted by Crippen LogP contribution is -2.27. The highest BCUT2D eigenvalue weighted by Crippen LogP contribution is 2.31. The largest absolute Gasteiger partial charge is 0.482 e. The van der Waals surface area contributed by atoms with Gasteiger partial charge in [0.2, 0.25) is 0 Å². The fourth-order valence-corrected chi connectivity index (χ4v) is 1.71. The molecule has 6 heteroatoms. The van der Waals surface area contributed by atoms with Gasteiger partial charge in [0.25, 0.3) is 5.91 Å². The fourth-order valence-electron chi connectivity index (χ4n) is 1.71. The zero-order valence-electron chi connectivity index (χ0n) is 11.5. The van der Waals surface area contributed by atoms with E-state index in [1.165, 1.54) is 0 Å². The van der Waals surface area contributed by atoms with Gasteiger partial charge in [0.15, 0.2) is 12.7 Å². The third kappa shape index (κ3) is 3.40. The summed E-state index contributed by atoms with van der Waals surface area (Å²) in [5.74, 6) is 0.420. The summed E-state index contributed by atoms with van der Waals surface area (Å²) in [5.41, 5.74) is 0.535. The number of carbonyl (C=O) groups excluding carboxylic acids is 2. The van der Waals surface area contributed by atoms with Crippen molar-refractivity contribution < 1.29 is 23.8 Å². The molecule has 0 fully saturated rings. The molecule has 0 saturated heterocycles. The summed E-state index contributed by atoms with van der Waals surface area (Å²) < 4.78 is 15.7. The average Bonchev–Trinajstić information content (AvgIpc) is 2.44. The number of rotatable bonds is 5. The van der Waals surface area contributed by atoms with Crippen LogP contribution in [0.5, 0.6) is 11.5 Å². The minimum absolute atomic E-state index is 0.00690. The normalized spacial score (nSPS) is 14.6. The molecule has 1 atom stereocenters. The number of benzene rings is 1. The van der Waals surface area contributed by atoms with Crippen LogP contribution in [-0.4, -0.2) is 31.2 Å². The molecule has 1 amide bonds. The SMILES string of the molecule is CCCOC(=O)C(C)Oc1ccc2c(c1)NC(=O)CO2. The maximum atomic E-state index is 11.6. The zero-order valence-corrected chi connectivity index (χ0v) is 11.5. The molecule has 0 saturated carbocycles. The molecule has 0 spiro atoms. The Balaban J connectivity index is 2.01. The van der Waals surface area contributed by atoms with E-state index in [-0.39, 0.29) is 12.5 Å². The van der Waals surface area contributed by atoms with Gasteiger partial charge in [0, 0.05) is 6.07 Å². The summed E-state index contributed by atoms with van der Waals surface area (Å²) in [6.45, 7) is 3.92. The van der Waals surface area contributed by atoms with Gasteiger partial charge in [-0.15, -0.1) is 0 Å². The Kier molecular flexibility index (Phi) is 4.45. The Labute approximate surface area is 117 Å². The first-order valence-corrected chi connectivity index (χ1v) is 6.50. The molecule has 2 rings (SSSR count). The lowest BCUT2D eigenvalue weighted by atomic mass is 10.2.